The van der Waals surface area contributed by atoms with E-state index in [9.17, 15) is 5.11 Å². The summed E-state index contributed by atoms with van der Waals surface area (Å²) in [5, 5.41) is 9.87. The number of aliphatic hydroxyl groups is 1. The Morgan fingerprint density at radius 1 is 0.889 bits per heavy atom. The highest BCUT2D eigenvalue weighted by Gasteiger charge is 2.58. The van der Waals surface area contributed by atoms with E-state index in [0.29, 0.717) is 6.61 Å². The summed E-state index contributed by atoms with van der Waals surface area (Å²) < 4.78 is 28.2. The Labute approximate surface area is 106 Å². The van der Waals surface area contributed by atoms with Crippen molar-refractivity contribution in [2.24, 2.45) is 0 Å². The molecule has 18 heavy (non-hydrogen) atoms. The molecule has 6 nitrogen and oxygen atoms in total. The van der Waals surface area contributed by atoms with Crippen LogP contribution in [-0.4, -0.2) is 54.0 Å². The van der Waals surface area contributed by atoms with Crippen molar-refractivity contribution >= 4 is 0 Å². The van der Waals surface area contributed by atoms with Gasteiger partial charge in [0.25, 0.3) is 0 Å². The van der Waals surface area contributed by atoms with Gasteiger partial charge >= 0.3 is 0 Å². The summed E-state index contributed by atoms with van der Waals surface area (Å²) in [6, 6.07) is 0. The van der Waals surface area contributed by atoms with Gasteiger partial charge in [-0.25, -0.2) is 0 Å². The van der Waals surface area contributed by atoms with Crippen LogP contribution in [0.5, 0.6) is 0 Å². The van der Waals surface area contributed by atoms with Crippen LogP contribution in [0, 0.1) is 0 Å². The maximum absolute atomic E-state index is 9.87. The zero-order chi connectivity index (χ0) is 13.1. The lowest BCUT2D eigenvalue weighted by Gasteiger charge is -2.26. The zero-order valence-corrected chi connectivity index (χ0v) is 11.1. The van der Waals surface area contributed by atoms with Gasteiger partial charge in [-0.2, -0.15) is 0 Å². The fraction of sp³-hybridized carbons (Fsp3) is 1.00. The highest BCUT2D eigenvalue weighted by molar-refractivity contribution is 4.99. The highest BCUT2D eigenvalue weighted by atomic mass is 16.8. The minimum Gasteiger partial charge on any atom is -0.366 e. The molecule has 0 aromatic carbocycles. The summed E-state index contributed by atoms with van der Waals surface area (Å²) in [7, 11) is 0. The molecule has 0 aromatic rings. The average molecular weight is 260 g/mol. The molecule has 3 heterocycles. The maximum Gasteiger partial charge on any atom is 0.184 e. The van der Waals surface area contributed by atoms with Crippen LogP contribution in [0.2, 0.25) is 0 Å². The van der Waals surface area contributed by atoms with Crippen molar-refractivity contribution in [1.82, 2.24) is 0 Å². The third-order valence-electron chi connectivity index (χ3n) is 3.46. The molecular formula is C12H20O6. The van der Waals surface area contributed by atoms with E-state index < -0.39 is 24.0 Å². The summed E-state index contributed by atoms with van der Waals surface area (Å²) in [6.45, 7) is 7.78. The first-order chi connectivity index (χ1) is 8.27. The summed E-state index contributed by atoms with van der Waals surface area (Å²) >= 11 is 0. The lowest BCUT2D eigenvalue weighted by Crippen LogP contribution is -2.40. The molecule has 0 aromatic heterocycles. The van der Waals surface area contributed by atoms with E-state index in [1.165, 1.54) is 0 Å². The van der Waals surface area contributed by atoms with Gasteiger partial charge in [-0.05, 0) is 27.7 Å². The molecular weight excluding hydrogens is 240 g/mol. The van der Waals surface area contributed by atoms with E-state index in [2.05, 4.69) is 0 Å². The normalized spacial score (nSPS) is 49.5. The fourth-order valence-electron chi connectivity index (χ4n) is 2.78. The first kappa shape index (κ1) is 12.8. The number of aliphatic hydroxyl groups excluding tert-OH is 1. The van der Waals surface area contributed by atoms with Crippen molar-refractivity contribution in [1.29, 1.82) is 0 Å². The van der Waals surface area contributed by atoms with Crippen molar-refractivity contribution < 1.29 is 28.8 Å². The molecule has 3 saturated heterocycles. The zero-order valence-electron chi connectivity index (χ0n) is 11.1. The summed E-state index contributed by atoms with van der Waals surface area (Å²) in [4.78, 5) is 0. The highest BCUT2D eigenvalue weighted by Crippen LogP contribution is 2.41. The third kappa shape index (κ3) is 2.07. The second kappa shape index (κ2) is 3.88. The van der Waals surface area contributed by atoms with Gasteiger partial charge in [-0.1, -0.05) is 0 Å². The van der Waals surface area contributed by atoms with Gasteiger partial charge in [0.05, 0.1) is 6.61 Å². The molecule has 0 bridgehead atoms. The number of fused-ring (bicyclic) bond motifs is 1. The third-order valence-corrected chi connectivity index (χ3v) is 3.46. The topological polar surface area (TPSA) is 66.4 Å². The molecule has 1 N–H and O–H groups in total. The second-order valence-corrected chi connectivity index (χ2v) is 5.92. The van der Waals surface area contributed by atoms with Gasteiger partial charge in [-0.15, -0.1) is 0 Å². The molecule has 6 heteroatoms. The van der Waals surface area contributed by atoms with Crippen molar-refractivity contribution in [2.75, 3.05) is 6.61 Å². The van der Waals surface area contributed by atoms with E-state index in [1.54, 1.807) is 0 Å². The second-order valence-electron chi connectivity index (χ2n) is 5.92. The molecule has 0 amide bonds. The predicted octanol–water partition coefficient (Wildman–Crippen LogP) is 0.375. The van der Waals surface area contributed by atoms with E-state index >= 15 is 0 Å². The van der Waals surface area contributed by atoms with E-state index in [4.69, 9.17) is 23.7 Å². The van der Waals surface area contributed by atoms with Crippen LogP contribution in [0.3, 0.4) is 0 Å². The number of hydrogen-bond acceptors (Lipinski definition) is 6. The van der Waals surface area contributed by atoms with E-state index in [-0.39, 0.29) is 18.3 Å². The van der Waals surface area contributed by atoms with Crippen LogP contribution in [0.15, 0.2) is 0 Å². The van der Waals surface area contributed by atoms with E-state index in [1.807, 2.05) is 27.7 Å². The van der Waals surface area contributed by atoms with Crippen LogP contribution in [-0.2, 0) is 23.7 Å². The molecule has 3 rings (SSSR count). The monoisotopic (exact) mass is 260 g/mol. The Morgan fingerprint density at radius 2 is 1.56 bits per heavy atom. The Kier molecular flexibility index (Phi) is 2.75. The molecule has 5 atom stereocenters. The van der Waals surface area contributed by atoms with Crippen molar-refractivity contribution in [2.45, 2.75) is 70.0 Å². The number of rotatable bonds is 1. The first-order valence-electron chi connectivity index (χ1n) is 6.28. The van der Waals surface area contributed by atoms with Gasteiger partial charge < -0.3 is 28.8 Å². The van der Waals surface area contributed by atoms with Crippen molar-refractivity contribution in [3.8, 4) is 0 Å². The van der Waals surface area contributed by atoms with Gasteiger partial charge in [0, 0.05) is 0 Å². The predicted molar refractivity (Wildman–Crippen MR) is 59.6 cm³/mol. The van der Waals surface area contributed by atoms with Crippen LogP contribution >= 0.6 is 0 Å². The molecule has 3 aliphatic heterocycles. The molecule has 3 aliphatic rings. The number of ether oxygens (including phenoxy) is 5. The Bertz CT molecular complexity index is 341. The Hall–Kier alpha value is -0.240. The lowest BCUT2D eigenvalue weighted by molar-refractivity contribution is -0.236. The Morgan fingerprint density at radius 3 is 2.17 bits per heavy atom. The fourth-order valence-corrected chi connectivity index (χ4v) is 2.78. The minimum absolute atomic E-state index is 0.248. The van der Waals surface area contributed by atoms with Gasteiger partial charge in [0.2, 0.25) is 0 Å². The number of hydrogen-bond donors (Lipinski definition) is 1. The molecule has 3 fully saturated rings. The van der Waals surface area contributed by atoms with Gasteiger partial charge in [0.15, 0.2) is 17.9 Å². The van der Waals surface area contributed by atoms with Crippen LogP contribution < -0.4 is 0 Å². The van der Waals surface area contributed by atoms with Crippen molar-refractivity contribution in [3.63, 3.8) is 0 Å². The Balaban J connectivity index is 1.75. The quantitative estimate of drug-likeness (QED) is 0.735. The minimum atomic E-state index is -0.978. The SMILES string of the molecule is CC1(C)OC[C@H]([C@H]2O[C@H](O)C3OC(C)(C)O[C@@H]32)O1. The molecule has 0 spiro atoms. The first-order valence-corrected chi connectivity index (χ1v) is 6.28. The van der Waals surface area contributed by atoms with Crippen LogP contribution in [0.1, 0.15) is 27.7 Å². The molecule has 104 valence electrons. The van der Waals surface area contributed by atoms with Crippen molar-refractivity contribution in [3.05, 3.63) is 0 Å². The van der Waals surface area contributed by atoms with Gasteiger partial charge in [-0.3, -0.25) is 0 Å². The molecule has 1 unspecified atom stereocenters. The van der Waals surface area contributed by atoms with Crippen LogP contribution in [0.4, 0.5) is 0 Å². The maximum atomic E-state index is 9.87. The van der Waals surface area contributed by atoms with Gasteiger partial charge in [0.1, 0.15) is 24.4 Å². The summed E-state index contributed by atoms with van der Waals surface area (Å²) in [5.74, 6) is -1.32. The largest absolute Gasteiger partial charge is 0.366 e. The molecule has 0 radical (unpaired) electrons. The summed E-state index contributed by atoms with van der Waals surface area (Å²) in [5.41, 5.74) is 0. The average Bonchev–Trinajstić information content (AvgIpc) is 2.81. The smallest absolute Gasteiger partial charge is 0.184 e. The van der Waals surface area contributed by atoms with Crippen LogP contribution in [0.25, 0.3) is 0 Å². The lowest BCUT2D eigenvalue weighted by atomic mass is 10.1. The standard InChI is InChI=1S/C12H20O6/c1-11(2)14-5-6(16-11)7-8-9(10(13)15-7)18-12(3,4)17-8/h6-10,13H,5H2,1-4H3/t6-,7-,8-,9?,10+/m1/s1. The molecule has 0 saturated carbocycles. The molecule has 0 aliphatic carbocycles. The summed E-state index contributed by atoms with van der Waals surface area (Å²) in [6.07, 6.45) is -2.38. The van der Waals surface area contributed by atoms with E-state index in [0.717, 1.165) is 0 Å².